The zero-order chi connectivity index (χ0) is 35.1. The maximum Gasteiger partial charge on any atom is 0.337 e. The van der Waals surface area contributed by atoms with Crippen molar-refractivity contribution in [1.29, 1.82) is 0 Å². The van der Waals surface area contributed by atoms with Gasteiger partial charge in [-0.2, -0.15) is 0 Å². The maximum absolute atomic E-state index is 13.3. The van der Waals surface area contributed by atoms with Crippen molar-refractivity contribution < 1.29 is 23.8 Å². The number of ether oxygens (including phenoxy) is 3. The Kier molecular flexibility index (Phi) is 15.1. The lowest BCUT2D eigenvalue weighted by Crippen LogP contribution is -2.51. The van der Waals surface area contributed by atoms with Gasteiger partial charge in [0.1, 0.15) is 0 Å². The van der Waals surface area contributed by atoms with Crippen molar-refractivity contribution in [3.05, 3.63) is 11.6 Å². The zero-order valence-electron chi connectivity index (χ0n) is 31.4. The van der Waals surface area contributed by atoms with Crippen LogP contribution >= 0.6 is 23.2 Å². The molecule has 48 heavy (non-hydrogen) atoms. The lowest BCUT2D eigenvalue weighted by Gasteiger charge is -2.58. The highest BCUT2D eigenvalue weighted by molar-refractivity contribution is 6.20. The van der Waals surface area contributed by atoms with Gasteiger partial charge in [-0.15, -0.1) is 0 Å². The number of carbonyl (C=O) groups excluding carboxylic acids is 2. The van der Waals surface area contributed by atoms with Crippen LogP contribution in [0.15, 0.2) is 11.6 Å². The summed E-state index contributed by atoms with van der Waals surface area (Å²) in [5.41, 5.74) is 0.683. The summed E-state index contributed by atoms with van der Waals surface area (Å²) in [5, 5.41) is 0. The Morgan fingerprint density at radius 1 is 0.854 bits per heavy atom. The van der Waals surface area contributed by atoms with E-state index in [0.29, 0.717) is 24.2 Å². The molecule has 0 aromatic rings. The largest absolute Gasteiger partial charge is 0.446 e. The molecule has 276 valence electrons. The van der Waals surface area contributed by atoms with E-state index < -0.39 is 29.2 Å². The van der Waals surface area contributed by atoms with Crippen LogP contribution in [0.3, 0.4) is 0 Å². The number of esters is 2. The topological polar surface area (TPSA) is 61.8 Å². The van der Waals surface area contributed by atoms with Crippen molar-refractivity contribution in [2.75, 3.05) is 0 Å². The van der Waals surface area contributed by atoms with Crippen molar-refractivity contribution in [3.8, 4) is 0 Å². The van der Waals surface area contributed by atoms with Crippen LogP contribution in [-0.4, -0.2) is 35.3 Å². The molecule has 0 amide bonds. The molecule has 5 nitrogen and oxygen atoms in total. The molecule has 4 aliphatic rings. The second kappa shape index (κ2) is 18.1. The average molecular weight is 712 g/mol. The summed E-state index contributed by atoms with van der Waals surface area (Å²) in [4.78, 5) is 26.2. The molecular weight excluding hydrogens is 643 g/mol. The Morgan fingerprint density at radius 2 is 1.54 bits per heavy atom. The molecule has 0 heterocycles. The number of hydrogen-bond donors (Lipinski definition) is 0. The van der Waals surface area contributed by atoms with E-state index in [1.807, 2.05) is 0 Å². The van der Waals surface area contributed by atoms with Crippen LogP contribution in [0.1, 0.15) is 164 Å². The number of fused-ring (bicyclic) bond motifs is 5. The number of alkyl halides is 2. The molecular formula is C41H68Cl2O5. The summed E-state index contributed by atoms with van der Waals surface area (Å²) in [6.45, 7) is 16.6. The molecule has 3 fully saturated rings. The molecule has 0 aromatic heterocycles. The number of unbranched alkanes of at least 4 members (excludes halogenated alkanes) is 2. The molecule has 0 spiro atoms. The van der Waals surface area contributed by atoms with Gasteiger partial charge in [0.15, 0.2) is 17.2 Å². The molecule has 0 aromatic carbocycles. The normalized spacial score (nSPS) is 33.9. The van der Waals surface area contributed by atoms with Crippen molar-refractivity contribution in [2.24, 2.45) is 46.3 Å². The Hall–Kier alpha value is -0.780. The minimum Gasteiger partial charge on any atom is -0.446 e. The van der Waals surface area contributed by atoms with Gasteiger partial charge in [0.05, 0.1) is 12.5 Å². The molecule has 3 unspecified atom stereocenters. The first-order valence-corrected chi connectivity index (χ1v) is 20.7. The number of halogens is 2. The third kappa shape index (κ3) is 9.75. The van der Waals surface area contributed by atoms with Crippen molar-refractivity contribution in [3.63, 3.8) is 0 Å². The van der Waals surface area contributed by atoms with Crippen LogP contribution in [0.5, 0.6) is 0 Å². The van der Waals surface area contributed by atoms with Gasteiger partial charge in [0.2, 0.25) is 0 Å². The molecule has 4 rings (SSSR count). The third-order valence-electron chi connectivity index (χ3n) is 13.3. The predicted molar refractivity (Wildman–Crippen MR) is 197 cm³/mol. The van der Waals surface area contributed by atoms with E-state index in [4.69, 9.17) is 37.4 Å². The lowest BCUT2D eigenvalue weighted by atomic mass is 9.47. The molecule has 11 atom stereocenters. The van der Waals surface area contributed by atoms with E-state index in [1.165, 1.54) is 50.5 Å². The molecule has 0 bridgehead atoms. The number of rotatable bonds is 18. The highest BCUT2D eigenvalue weighted by Gasteiger charge is 2.59. The Morgan fingerprint density at radius 3 is 2.21 bits per heavy atom. The summed E-state index contributed by atoms with van der Waals surface area (Å²) in [6, 6.07) is 0. The highest BCUT2D eigenvalue weighted by atomic mass is 35.5. The predicted octanol–water partition coefficient (Wildman–Crippen LogP) is 11.8. The van der Waals surface area contributed by atoms with E-state index in [0.717, 1.165) is 81.0 Å². The quantitative estimate of drug-likeness (QED) is 0.0805. The van der Waals surface area contributed by atoms with Crippen LogP contribution in [0.4, 0.5) is 0 Å². The van der Waals surface area contributed by atoms with E-state index in [-0.39, 0.29) is 17.9 Å². The summed E-state index contributed by atoms with van der Waals surface area (Å²) in [5.74, 6) is 3.64. The van der Waals surface area contributed by atoms with E-state index in [1.54, 1.807) is 0 Å². The minimum atomic E-state index is -1.06. The minimum absolute atomic E-state index is 0.154. The number of carbonyl (C=O) groups is 2. The molecule has 3 saturated carbocycles. The second-order valence-electron chi connectivity index (χ2n) is 17.0. The first-order chi connectivity index (χ1) is 22.8. The van der Waals surface area contributed by atoms with Crippen molar-refractivity contribution in [1.82, 2.24) is 0 Å². The van der Waals surface area contributed by atoms with Gasteiger partial charge in [-0.3, -0.25) is 4.79 Å². The monoisotopic (exact) mass is 710 g/mol. The molecule has 0 N–H and O–H groups in total. The maximum atomic E-state index is 13.3. The summed E-state index contributed by atoms with van der Waals surface area (Å²) in [7, 11) is 0. The van der Waals surface area contributed by atoms with Crippen LogP contribution in [-0.2, 0) is 23.8 Å². The summed E-state index contributed by atoms with van der Waals surface area (Å²) in [6.07, 6.45) is 19.3. The standard InChI is InChI=1S/C41H68Cl2O5/c1-8-10-15-36(42)47-38(44)26-35(39(45)48-37(43)16-11-9-2)46-30-21-23-40(6)29(25-30)17-18-31-33-20-19-32(28(5)14-12-13-27(3)4)41(33,7)24-22-34(31)40/h17,27-28,30-37H,8-16,18-26H2,1-7H3/t28-,30+,31+,32-,33+,34+,35?,36?,37?,40+,41-/m1/s1. The first kappa shape index (κ1) is 40.0. The molecule has 4 aliphatic carbocycles. The van der Waals surface area contributed by atoms with Crippen molar-refractivity contribution >= 4 is 35.1 Å². The van der Waals surface area contributed by atoms with E-state index >= 15 is 0 Å². The molecule has 7 heteroatoms. The molecule has 0 aliphatic heterocycles. The fourth-order valence-electron chi connectivity index (χ4n) is 10.6. The third-order valence-corrected chi connectivity index (χ3v) is 13.9. The van der Waals surface area contributed by atoms with Gasteiger partial charge in [0.25, 0.3) is 0 Å². The van der Waals surface area contributed by atoms with Crippen LogP contribution < -0.4 is 0 Å². The number of allylic oxidation sites excluding steroid dienone is 1. The Labute approximate surface area is 303 Å². The Balaban J connectivity index is 1.41. The van der Waals surface area contributed by atoms with Gasteiger partial charge < -0.3 is 14.2 Å². The fraction of sp³-hybridized carbons (Fsp3) is 0.902. The van der Waals surface area contributed by atoms with Gasteiger partial charge in [0, 0.05) is 0 Å². The van der Waals surface area contributed by atoms with Gasteiger partial charge in [-0.05, 0) is 123 Å². The molecule has 0 saturated heterocycles. The summed E-state index contributed by atoms with van der Waals surface area (Å²) < 4.78 is 17.5. The van der Waals surface area contributed by atoms with Gasteiger partial charge >= 0.3 is 11.9 Å². The van der Waals surface area contributed by atoms with Crippen LogP contribution in [0.2, 0.25) is 0 Å². The average Bonchev–Trinajstić information content (AvgIpc) is 3.39. The first-order valence-electron chi connectivity index (χ1n) is 19.8. The van der Waals surface area contributed by atoms with Crippen LogP contribution in [0.25, 0.3) is 0 Å². The fourth-order valence-corrected chi connectivity index (χ4v) is 11.1. The summed E-state index contributed by atoms with van der Waals surface area (Å²) >= 11 is 12.6. The second-order valence-corrected chi connectivity index (χ2v) is 18.0. The van der Waals surface area contributed by atoms with Gasteiger partial charge in [-0.25, -0.2) is 4.79 Å². The highest BCUT2D eigenvalue weighted by Crippen LogP contribution is 2.67. The lowest BCUT2D eigenvalue weighted by molar-refractivity contribution is -0.171. The van der Waals surface area contributed by atoms with E-state index in [2.05, 4.69) is 54.5 Å². The zero-order valence-corrected chi connectivity index (χ0v) is 32.9. The van der Waals surface area contributed by atoms with Gasteiger partial charge in [-0.1, -0.05) is 115 Å². The van der Waals surface area contributed by atoms with E-state index in [9.17, 15) is 9.59 Å². The van der Waals surface area contributed by atoms with Crippen LogP contribution in [0, 0.1) is 46.3 Å². The number of hydrogen-bond acceptors (Lipinski definition) is 5. The van der Waals surface area contributed by atoms with Crippen molar-refractivity contribution in [2.45, 2.75) is 187 Å². The smallest absolute Gasteiger partial charge is 0.337 e. The Bertz CT molecular complexity index is 1080. The SMILES string of the molecule is CCCCC(Cl)OC(=O)CC(O[C@H]1CC[C@@]2(C)C(=CC[C@H]3[C@@H]4CC[C@H]([C@H](C)CCCC(C)C)[C@@]4(C)CC[C@@H]32)C1)C(=O)OC(Cl)CCCC. The molecule has 0 radical (unpaired) electrons.